The second-order valence-electron chi connectivity index (χ2n) is 6.93. The number of amides is 2. The van der Waals surface area contributed by atoms with Crippen molar-refractivity contribution in [3.05, 3.63) is 47.3 Å². The number of hydrogen-bond donors (Lipinski definition) is 2. The Morgan fingerprint density at radius 3 is 2.52 bits per heavy atom. The molecule has 3 heterocycles. The molecule has 0 saturated heterocycles. The first kappa shape index (κ1) is 22.1. The lowest BCUT2D eigenvalue weighted by atomic mass is 10.3. The highest BCUT2D eigenvalue weighted by atomic mass is 19.4. The molecular formula is C18H21F3N8O2. The molecule has 31 heavy (non-hydrogen) atoms. The molecule has 0 bridgehead atoms. The molecule has 0 spiro atoms. The Balaban J connectivity index is 1.61. The lowest BCUT2D eigenvalue weighted by Gasteiger charge is -2.09. The lowest BCUT2D eigenvalue weighted by molar-refractivity contribution is -0.141. The summed E-state index contributed by atoms with van der Waals surface area (Å²) in [7, 11) is 3.31. The quantitative estimate of drug-likeness (QED) is 0.583. The van der Waals surface area contributed by atoms with Crippen molar-refractivity contribution in [2.45, 2.75) is 32.6 Å². The predicted octanol–water partition coefficient (Wildman–Crippen LogP) is 1.64. The summed E-state index contributed by atoms with van der Waals surface area (Å²) in [5.41, 5.74) is 0.426. The van der Waals surface area contributed by atoms with E-state index in [1.165, 1.54) is 17.8 Å². The van der Waals surface area contributed by atoms with Crippen LogP contribution >= 0.6 is 0 Å². The van der Waals surface area contributed by atoms with E-state index < -0.39 is 23.7 Å². The molecule has 0 aliphatic carbocycles. The average molecular weight is 438 g/mol. The number of anilines is 1. The molecule has 3 aromatic heterocycles. The number of nitrogens with one attached hydrogen (secondary N) is 2. The maximum absolute atomic E-state index is 12.8. The average Bonchev–Trinajstić information content (AvgIpc) is 3.37. The Labute approximate surface area is 175 Å². The Bertz CT molecular complexity index is 1100. The van der Waals surface area contributed by atoms with Crippen molar-refractivity contribution in [2.24, 2.45) is 14.1 Å². The van der Waals surface area contributed by atoms with Crippen molar-refractivity contribution in [3.63, 3.8) is 0 Å². The summed E-state index contributed by atoms with van der Waals surface area (Å²) >= 11 is 0. The number of hydrogen-bond acceptors (Lipinski definition) is 5. The smallest absolute Gasteiger partial charge is 0.346 e. The minimum absolute atomic E-state index is 0.0451. The molecule has 0 fully saturated rings. The summed E-state index contributed by atoms with van der Waals surface area (Å²) in [5.74, 6) is -0.935. The minimum atomic E-state index is -4.55. The van der Waals surface area contributed by atoms with Crippen molar-refractivity contribution in [1.82, 2.24) is 34.7 Å². The predicted molar refractivity (Wildman–Crippen MR) is 103 cm³/mol. The highest BCUT2D eigenvalue weighted by molar-refractivity contribution is 6.02. The van der Waals surface area contributed by atoms with Gasteiger partial charge in [-0.2, -0.15) is 28.5 Å². The van der Waals surface area contributed by atoms with E-state index in [9.17, 15) is 22.8 Å². The number of aromatic nitrogens is 6. The Kier molecular flexibility index (Phi) is 6.13. The molecule has 0 aromatic carbocycles. The van der Waals surface area contributed by atoms with Gasteiger partial charge >= 0.3 is 6.18 Å². The third kappa shape index (κ3) is 5.29. The summed E-state index contributed by atoms with van der Waals surface area (Å²) in [5, 5.41) is 16.8. The van der Waals surface area contributed by atoms with Crippen molar-refractivity contribution in [1.29, 1.82) is 0 Å². The SMILES string of the molecule is Cc1cc(C(F)(F)F)nn1CCC(=O)Nc1cnn(C)c1C(=O)NCc1cnn(C)c1. The molecule has 2 N–H and O–H groups in total. The first-order valence-electron chi connectivity index (χ1n) is 9.24. The topological polar surface area (TPSA) is 112 Å². The van der Waals surface area contributed by atoms with E-state index in [2.05, 4.69) is 25.9 Å². The third-order valence-corrected chi connectivity index (χ3v) is 4.46. The number of rotatable bonds is 7. The fraction of sp³-hybridized carbons (Fsp3) is 0.389. The summed E-state index contributed by atoms with van der Waals surface area (Å²) in [6.07, 6.45) is 0.0245. The van der Waals surface area contributed by atoms with Gasteiger partial charge in [0.15, 0.2) is 5.69 Å². The van der Waals surface area contributed by atoms with E-state index in [0.29, 0.717) is 0 Å². The first-order valence-corrected chi connectivity index (χ1v) is 9.24. The fourth-order valence-electron chi connectivity index (χ4n) is 2.92. The van der Waals surface area contributed by atoms with Crippen LogP contribution in [0.3, 0.4) is 0 Å². The highest BCUT2D eigenvalue weighted by Crippen LogP contribution is 2.28. The first-order chi connectivity index (χ1) is 14.5. The van der Waals surface area contributed by atoms with Crippen molar-refractivity contribution in [3.8, 4) is 0 Å². The number of carbonyl (C=O) groups excluding carboxylic acids is 2. The summed E-state index contributed by atoms with van der Waals surface area (Å²) in [4.78, 5) is 24.9. The molecular weight excluding hydrogens is 417 g/mol. The van der Waals surface area contributed by atoms with Crippen LogP contribution in [0.15, 0.2) is 24.7 Å². The van der Waals surface area contributed by atoms with Crippen molar-refractivity contribution >= 4 is 17.5 Å². The summed E-state index contributed by atoms with van der Waals surface area (Å²) in [6.45, 7) is 1.67. The van der Waals surface area contributed by atoms with Crippen LogP contribution in [0, 0.1) is 6.92 Å². The zero-order valence-electron chi connectivity index (χ0n) is 17.1. The van der Waals surface area contributed by atoms with Gasteiger partial charge in [0.1, 0.15) is 5.69 Å². The van der Waals surface area contributed by atoms with Gasteiger partial charge in [0.25, 0.3) is 5.91 Å². The van der Waals surface area contributed by atoms with E-state index in [1.54, 1.807) is 31.2 Å². The minimum Gasteiger partial charge on any atom is -0.346 e. The summed E-state index contributed by atoms with van der Waals surface area (Å²) in [6, 6.07) is 0.920. The van der Waals surface area contributed by atoms with Gasteiger partial charge in [0.2, 0.25) is 5.91 Å². The third-order valence-electron chi connectivity index (χ3n) is 4.46. The van der Waals surface area contributed by atoms with Gasteiger partial charge in [-0.15, -0.1) is 0 Å². The van der Waals surface area contributed by atoms with E-state index in [0.717, 1.165) is 16.3 Å². The molecule has 0 unspecified atom stereocenters. The molecule has 0 atom stereocenters. The van der Waals surface area contributed by atoms with Crippen LogP contribution in [0.4, 0.5) is 18.9 Å². The van der Waals surface area contributed by atoms with Crippen molar-refractivity contribution in [2.75, 3.05) is 5.32 Å². The number of aryl methyl sites for hydroxylation is 4. The van der Waals surface area contributed by atoms with Crippen LogP contribution in [0.2, 0.25) is 0 Å². The second kappa shape index (κ2) is 8.62. The Morgan fingerprint density at radius 2 is 1.90 bits per heavy atom. The monoisotopic (exact) mass is 438 g/mol. The molecule has 0 radical (unpaired) electrons. The van der Waals surface area contributed by atoms with Crippen LogP contribution in [0.25, 0.3) is 0 Å². The molecule has 0 aliphatic heterocycles. The van der Waals surface area contributed by atoms with E-state index in [1.807, 2.05) is 0 Å². The molecule has 0 saturated carbocycles. The van der Waals surface area contributed by atoms with Gasteiger partial charge in [-0.05, 0) is 13.0 Å². The van der Waals surface area contributed by atoms with E-state index in [-0.39, 0.29) is 36.6 Å². The van der Waals surface area contributed by atoms with Crippen LogP contribution in [0.5, 0.6) is 0 Å². The van der Waals surface area contributed by atoms with Crippen LogP contribution < -0.4 is 10.6 Å². The van der Waals surface area contributed by atoms with E-state index >= 15 is 0 Å². The normalized spacial score (nSPS) is 11.5. The summed E-state index contributed by atoms with van der Waals surface area (Å²) < 4.78 is 42.3. The van der Waals surface area contributed by atoms with Gasteiger partial charge in [-0.1, -0.05) is 0 Å². The van der Waals surface area contributed by atoms with Gasteiger partial charge in [-0.25, -0.2) is 0 Å². The van der Waals surface area contributed by atoms with Crippen LogP contribution in [0.1, 0.15) is 33.9 Å². The van der Waals surface area contributed by atoms with Crippen LogP contribution in [-0.2, 0) is 38.2 Å². The maximum atomic E-state index is 12.8. The van der Waals surface area contributed by atoms with Crippen LogP contribution in [-0.4, -0.2) is 41.2 Å². The Morgan fingerprint density at radius 1 is 1.16 bits per heavy atom. The zero-order valence-corrected chi connectivity index (χ0v) is 17.1. The van der Waals surface area contributed by atoms with Gasteiger partial charge in [0, 0.05) is 51.1 Å². The van der Waals surface area contributed by atoms with Gasteiger partial charge < -0.3 is 10.6 Å². The molecule has 3 rings (SSSR count). The largest absolute Gasteiger partial charge is 0.435 e. The number of halogens is 3. The molecule has 10 nitrogen and oxygen atoms in total. The lowest BCUT2D eigenvalue weighted by Crippen LogP contribution is -2.27. The molecule has 3 aromatic rings. The van der Waals surface area contributed by atoms with Gasteiger partial charge in [0.05, 0.1) is 18.1 Å². The Hall–Kier alpha value is -3.64. The molecule has 2 amide bonds. The van der Waals surface area contributed by atoms with E-state index in [4.69, 9.17) is 0 Å². The molecule has 13 heteroatoms. The number of carbonyl (C=O) groups is 2. The second-order valence-corrected chi connectivity index (χ2v) is 6.93. The standard InChI is InChI=1S/C18H21F3N8O2/c1-11-6-14(18(19,20)21)26-29(11)5-4-15(30)25-13-9-24-28(3)16(13)17(31)22-7-12-8-23-27(2)10-12/h6,8-10H,4-5,7H2,1-3H3,(H,22,31)(H,25,30). The number of alkyl halides is 3. The van der Waals surface area contributed by atoms with Gasteiger partial charge in [-0.3, -0.25) is 23.6 Å². The highest BCUT2D eigenvalue weighted by Gasteiger charge is 2.34. The number of nitrogens with zero attached hydrogens (tertiary/aromatic N) is 6. The zero-order chi connectivity index (χ0) is 22.8. The molecule has 166 valence electrons. The maximum Gasteiger partial charge on any atom is 0.435 e. The van der Waals surface area contributed by atoms with Crippen molar-refractivity contribution < 1.29 is 22.8 Å². The molecule has 0 aliphatic rings. The fourth-order valence-corrected chi connectivity index (χ4v) is 2.92.